The van der Waals surface area contributed by atoms with Crippen molar-refractivity contribution in [3.8, 4) is 0 Å². The Morgan fingerprint density at radius 2 is 1.77 bits per heavy atom. The largest absolute Gasteiger partial charge is 0.462 e. The van der Waals surface area contributed by atoms with Gasteiger partial charge >= 0.3 is 12.1 Å². The van der Waals surface area contributed by atoms with Gasteiger partial charge in [-0.1, -0.05) is 6.92 Å². The topological polar surface area (TPSA) is 65.0 Å². The summed E-state index contributed by atoms with van der Waals surface area (Å²) in [5.74, 6) is -0.612. The fourth-order valence-electron chi connectivity index (χ4n) is 3.08. The first kappa shape index (κ1) is 23.2. The second-order valence-electron chi connectivity index (χ2n) is 8.01. The Kier molecular flexibility index (Phi) is 7.52. The van der Waals surface area contributed by atoms with E-state index in [2.05, 4.69) is 0 Å². The summed E-state index contributed by atoms with van der Waals surface area (Å²) in [4.78, 5) is 12.4. The van der Waals surface area contributed by atoms with Gasteiger partial charge in [-0.15, -0.1) is 0 Å². The Bertz CT molecular complexity index is 476. The first-order valence-corrected chi connectivity index (χ1v) is 8.99. The van der Waals surface area contributed by atoms with Gasteiger partial charge in [-0.3, -0.25) is 4.79 Å². The highest BCUT2D eigenvalue weighted by Gasteiger charge is 2.51. The first-order chi connectivity index (χ1) is 11.7. The van der Waals surface area contributed by atoms with E-state index in [-0.39, 0.29) is 18.5 Å². The van der Waals surface area contributed by atoms with Gasteiger partial charge in [-0.05, 0) is 47.5 Å². The summed E-state index contributed by atoms with van der Waals surface area (Å²) in [6.07, 6.45) is -5.24. The molecule has 0 bridgehead atoms. The smallest absolute Gasteiger partial charge is 0.417 e. The molecule has 154 valence electrons. The van der Waals surface area contributed by atoms with E-state index in [0.29, 0.717) is 19.8 Å². The second-order valence-corrected chi connectivity index (χ2v) is 8.01. The van der Waals surface area contributed by atoms with Crippen molar-refractivity contribution in [2.75, 3.05) is 0 Å². The number of esters is 1. The van der Waals surface area contributed by atoms with Crippen LogP contribution in [0, 0.1) is 5.41 Å². The van der Waals surface area contributed by atoms with Crippen LogP contribution in [-0.4, -0.2) is 47.5 Å². The van der Waals surface area contributed by atoms with Crippen LogP contribution in [0.15, 0.2) is 0 Å². The summed E-state index contributed by atoms with van der Waals surface area (Å²) < 4.78 is 54.8. The number of hydrogen-bond donors (Lipinski definition) is 1. The van der Waals surface area contributed by atoms with Crippen molar-refractivity contribution in [1.29, 1.82) is 0 Å². The number of hydrogen-bond acceptors (Lipinski definition) is 5. The molecule has 1 aliphatic rings. The fraction of sp³-hybridized carbons (Fsp3) is 0.944. The average Bonchev–Trinajstić information content (AvgIpc) is 2.43. The highest BCUT2D eigenvalue weighted by atomic mass is 19.4. The maximum Gasteiger partial charge on any atom is 0.417 e. The van der Waals surface area contributed by atoms with Crippen LogP contribution in [0.1, 0.15) is 67.2 Å². The molecule has 0 aliphatic carbocycles. The standard InChI is InChI=1S/C18H31F3O5/c1-7-13-8-14(26-12(3)25-13)10-16(4,5)15(22)24-11(2)9-17(6,23)18(19,20)21/h11-14,23H,7-10H2,1-6H3. The van der Waals surface area contributed by atoms with Crippen molar-refractivity contribution < 1.29 is 37.3 Å². The van der Waals surface area contributed by atoms with Crippen LogP contribution in [-0.2, 0) is 19.0 Å². The van der Waals surface area contributed by atoms with Crippen LogP contribution in [0.3, 0.4) is 0 Å². The second kappa shape index (κ2) is 8.44. The minimum Gasteiger partial charge on any atom is -0.462 e. The van der Waals surface area contributed by atoms with Gasteiger partial charge < -0.3 is 19.3 Å². The molecule has 1 rings (SSSR count). The molecular formula is C18H31F3O5. The quantitative estimate of drug-likeness (QED) is 0.673. The van der Waals surface area contributed by atoms with Crippen molar-refractivity contribution >= 4 is 5.97 Å². The Labute approximate surface area is 153 Å². The summed E-state index contributed by atoms with van der Waals surface area (Å²) in [7, 11) is 0. The van der Waals surface area contributed by atoms with Crippen LogP contribution in [0.5, 0.6) is 0 Å². The van der Waals surface area contributed by atoms with Crippen molar-refractivity contribution in [1.82, 2.24) is 0 Å². The number of carbonyl (C=O) groups is 1. The number of ether oxygens (including phenoxy) is 3. The molecule has 0 radical (unpaired) electrons. The molecule has 1 aliphatic heterocycles. The minimum absolute atomic E-state index is 0.0522. The third kappa shape index (κ3) is 6.39. The first-order valence-electron chi connectivity index (χ1n) is 8.99. The van der Waals surface area contributed by atoms with Crippen molar-refractivity contribution in [3.05, 3.63) is 0 Å². The summed E-state index contributed by atoms with van der Waals surface area (Å²) in [5, 5.41) is 9.53. The van der Waals surface area contributed by atoms with Gasteiger partial charge in [-0.2, -0.15) is 13.2 Å². The lowest BCUT2D eigenvalue weighted by Crippen LogP contribution is -2.46. The molecule has 0 aromatic carbocycles. The molecule has 5 nitrogen and oxygen atoms in total. The highest BCUT2D eigenvalue weighted by Crippen LogP contribution is 2.36. The maximum atomic E-state index is 12.8. The van der Waals surface area contributed by atoms with E-state index in [1.54, 1.807) is 20.8 Å². The Morgan fingerprint density at radius 3 is 2.27 bits per heavy atom. The van der Waals surface area contributed by atoms with E-state index in [0.717, 1.165) is 6.42 Å². The molecular weight excluding hydrogens is 353 g/mol. The fourth-order valence-corrected chi connectivity index (χ4v) is 3.08. The van der Waals surface area contributed by atoms with Crippen LogP contribution in [0.2, 0.25) is 0 Å². The van der Waals surface area contributed by atoms with E-state index in [9.17, 15) is 23.1 Å². The van der Waals surface area contributed by atoms with Crippen molar-refractivity contribution in [2.24, 2.45) is 5.41 Å². The number of halogens is 3. The third-order valence-corrected chi connectivity index (χ3v) is 4.64. The number of alkyl halides is 3. The summed E-state index contributed by atoms with van der Waals surface area (Å²) >= 11 is 0. The van der Waals surface area contributed by atoms with E-state index in [4.69, 9.17) is 14.2 Å². The normalized spacial score (nSPS) is 28.3. The minimum atomic E-state index is -4.79. The zero-order chi connectivity index (χ0) is 20.3. The molecule has 0 aromatic heterocycles. The molecule has 1 saturated heterocycles. The van der Waals surface area contributed by atoms with Crippen LogP contribution in [0.25, 0.3) is 0 Å². The number of carbonyl (C=O) groups excluding carboxylic acids is 1. The predicted molar refractivity (Wildman–Crippen MR) is 89.4 cm³/mol. The molecule has 8 heteroatoms. The maximum absolute atomic E-state index is 12.8. The lowest BCUT2D eigenvalue weighted by atomic mass is 9.84. The average molecular weight is 384 g/mol. The number of aliphatic hydroxyl groups is 1. The van der Waals surface area contributed by atoms with Crippen molar-refractivity contribution in [2.45, 2.75) is 104 Å². The Hall–Kier alpha value is -0.860. The van der Waals surface area contributed by atoms with Gasteiger partial charge in [0.1, 0.15) is 6.10 Å². The van der Waals surface area contributed by atoms with Crippen LogP contribution < -0.4 is 0 Å². The van der Waals surface area contributed by atoms with Gasteiger partial charge in [0.25, 0.3) is 0 Å². The van der Waals surface area contributed by atoms with Gasteiger partial charge in [0.2, 0.25) is 0 Å². The van der Waals surface area contributed by atoms with Gasteiger partial charge in [0.05, 0.1) is 17.6 Å². The van der Waals surface area contributed by atoms with E-state index in [1.807, 2.05) is 6.92 Å². The monoisotopic (exact) mass is 384 g/mol. The molecule has 26 heavy (non-hydrogen) atoms. The summed E-state index contributed by atoms with van der Waals surface area (Å²) in [5.41, 5.74) is -3.84. The highest BCUT2D eigenvalue weighted by molar-refractivity contribution is 5.76. The summed E-state index contributed by atoms with van der Waals surface area (Å²) in [6, 6.07) is 0. The lowest BCUT2D eigenvalue weighted by molar-refractivity contribution is -0.261. The molecule has 0 amide bonds. The molecule has 0 spiro atoms. The molecule has 1 heterocycles. The lowest BCUT2D eigenvalue weighted by Gasteiger charge is -2.37. The van der Waals surface area contributed by atoms with Gasteiger partial charge in [0, 0.05) is 12.8 Å². The van der Waals surface area contributed by atoms with Crippen LogP contribution in [0.4, 0.5) is 13.2 Å². The van der Waals surface area contributed by atoms with E-state index >= 15 is 0 Å². The molecule has 0 aromatic rings. The Morgan fingerprint density at radius 1 is 1.23 bits per heavy atom. The zero-order valence-corrected chi connectivity index (χ0v) is 16.4. The Balaban J connectivity index is 2.64. The zero-order valence-electron chi connectivity index (χ0n) is 16.4. The van der Waals surface area contributed by atoms with E-state index in [1.165, 1.54) is 6.92 Å². The van der Waals surface area contributed by atoms with Gasteiger partial charge in [0.15, 0.2) is 11.9 Å². The predicted octanol–water partition coefficient (Wildman–Crippen LogP) is 3.97. The van der Waals surface area contributed by atoms with Gasteiger partial charge in [-0.25, -0.2) is 0 Å². The number of rotatable bonds is 7. The SMILES string of the molecule is CCC1CC(CC(C)(C)C(=O)OC(C)CC(C)(O)C(F)(F)F)OC(C)O1. The summed E-state index contributed by atoms with van der Waals surface area (Å²) in [6.45, 7) is 9.16. The molecule has 5 unspecified atom stereocenters. The third-order valence-electron chi connectivity index (χ3n) is 4.64. The molecule has 0 saturated carbocycles. The van der Waals surface area contributed by atoms with Crippen LogP contribution >= 0.6 is 0 Å². The molecule has 1 fully saturated rings. The van der Waals surface area contributed by atoms with Crippen molar-refractivity contribution in [3.63, 3.8) is 0 Å². The molecule has 5 atom stereocenters. The van der Waals surface area contributed by atoms with E-state index < -0.39 is 35.7 Å². The molecule has 1 N–H and O–H groups in total.